The zero-order chi connectivity index (χ0) is 16.5. The van der Waals surface area contributed by atoms with E-state index in [1.54, 1.807) is 13.0 Å². The minimum Gasteiger partial charge on any atom is -0.492 e. The van der Waals surface area contributed by atoms with Crippen LogP contribution in [0.3, 0.4) is 0 Å². The fourth-order valence-electron chi connectivity index (χ4n) is 3.15. The van der Waals surface area contributed by atoms with Gasteiger partial charge in [-0.2, -0.15) is 0 Å². The van der Waals surface area contributed by atoms with Crippen molar-refractivity contribution in [1.29, 1.82) is 0 Å². The van der Waals surface area contributed by atoms with E-state index in [1.165, 1.54) is 0 Å². The molecule has 1 aliphatic rings. The van der Waals surface area contributed by atoms with Crippen LogP contribution in [0.25, 0.3) is 0 Å². The molecule has 0 amide bonds. The summed E-state index contributed by atoms with van der Waals surface area (Å²) in [6, 6.07) is 6.28. The predicted octanol–water partition coefficient (Wildman–Crippen LogP) is 4.99. The number of hydrogen-bond donors (Lipinski definition) is 0. The summed E-state index contributed by atoms with van der Waals surface area (Å²) in [5.74, 6) is 0.653. The Morgan fingerprint density at radius 2 is 2.05 bits per heavy atom. The van der Waals surface area contributed by atoms with Crippen molar-refractivity contribution in [2.45, 2.75) is 65.1 Å². The lowest BCUT2D eigenvalue weighted by Crippen LogP contribution is -2.33. The Kier molecular flexibility index (Phi) is 4.96. The van der Waals surface area contributed by atoms with Crippen molar-refractivity contribution in [2.24, 2.45) is 0 Å². The number of aryl methyl sites for hydroxylation is 1. The molecule has 0 radical (unpaired) electrons. The van der Waals surface area contributed by atoms with Crippen LogP contribution < -0.4 is 0 Å². The van der Waals surface area contributed by atoms with Gasteiger partial charge >= 0.3 is 0 Å². The molecular formula is C19H28FNO. The van der Waals surface area contributed by atoms with Gasteiger partial charge < -0.3 is 4.74 Å². The van der Waals surface area contributed by atoms with E-state index in [2.05, 4.69) is 18.4 Å². The molecule has 1 aliphatic heterocycles. The van der Waals surface area contributed by atoms with Crippen molar-refractivity contribution in [3.8, 4) is 0 Å². The molecule has 1 aromatic carbocycles. The van der Waals surface area contributed by atoms with Gasteiger partial charge in [0.1, 0.15) is 17.2 Å². The molecule has 0 spiro atoms. The Hall–Kier alpha value is -1.35. The van der Waals surface area contributed by atoms with Crippen molar-refractivity contribution in [3.05, 3.63) is 47.5 Å². The van der Waals surface area contributed by atoms with Gasteiger partial charge in [0.05, 0.1) is 6.54 Å². The number of rotatable bonds is 4. The van der Waals surface area contributed by atoms with Crippen LogP contribution in [0.15, 0.2) is 30.5 Å². The molecule has 0 aromatic heterocycles. The van der Waals surface area contributed by atoms with Crippen molar-refractivity contribution < 1.29 is 9.13 Å². The van der Waals surface area contributed by atoms with Gasteiger partial charge in [0.15, 0.2) is 0 Å². The first-order valence-electron chi connectivity index (χ1n) is 8.06. The maximum atomic E-state index is 13.9. The van der Waals surface area contributed by atoms with Gasteiger partial charge in [-0.1, -0.05) is 18.7 Å². The number of halogens is 1. The van der Waals surface area contributed by atoms with Gasteiger partial charge in [-0.05, 0) is 64.7 Å². The maximum absolute atomic E-state index is 13.9. The molecule has 0 N–H and O–H groups in total. The van der Waals surface area contributed by atoms with Crippen LogP contribution in [0.4, 0.5) is 4.39 Å². The number of likely N-dealkylation sites (tertiary alicyclic amines) is 1. The van der Waals surface area contributed by atoms with Gasteiger partial charge in [-0.3, -0.25) is 4.90 Å². The smallest absolute Gasteiger partial charge is 0.126 e. The minimum absolute atomic E-state index is 0.123. The Labute approximate surface area is 134 Å². The topological polar surface area (TPSA) is 12.5 Å². The molecule has 122 valence electrons. The number of nitrogens with zero attached hydrogens (tertiary/aromatic N) is 1. The average Bonchev–Trinajstić information content (AvgIpc) is 2.72. The van der Waals surface area contributed by atoms with E-state index < -0.39 is 0 Å². The van der Waals surface area contributed by atoms with Crippen molar-refractivity contribution >= 4 is 0 Å². The molecule has 22 heavy (non-hydrogen) atoms. The third-order valence-electron chi connectivity index (χ3n) is 4.21. The van der Waals surface area contributed by atoms with Crippen molar-refractivity contribution in [1.82, 2.24) is 4.90 Å². The summed E-state index contributed by atoms with van der Waals surface area (Å²) < 4.78 is 19.7. The standard InChI is InChI=1S/C19H28FNO/c1-13-7-9-16(11-17(13)20)18-10-8-14(2)21(18)12-15(3)22-19(4,5)6/h7,9,11,14,18H,3,8,10,12H2,1-2,4-6H3. The van der Waals surface area contributed by atoms with Crippen LogP contribution in [0, 0.1) is 12.7 Å². The summed E-state index contributed by atoms with van der Waals surface area (Å²) in [5.41, 5.74) is 1.52. The van der Waals surface area contributed by atoms with Crippen molar-refractivity contribution in [3.63, 3.8) is 0 Å². The second-order valence-electron chi connectivity index (χ2n) is 7.38. The van der Waals surface area contributed by atoms with Crippen LogP contribution in [-0.4, -0.2) is 23.1 Å². The van der Waals surface area contributed by atoms with E-state index in [-0.39, 0.29) is 17.5 Å². The largest absolute Gasteiger partial charge is 0.492 e. The van der Waals surface area contributed by atoms with E-state index in [4.69, 9.17) is 4.74 Å². The molecule has 1 heterocycles. The van der Waals surface area contributed by atoms with Crippen LogP contribution >= 0.6 is 0 Å². The van der Waals surface area contributed by atoms with E-state index in [0.717, 1.165) is 24.2 Å². The molecule has 0 bridgehead atoms. The van der Waals surface area contributed by atoms with Gasteiger partial charge in [-0.15, -0.1) is 0 Å². The SMILES string of the molecule is C=C(CN1C(C)CCC1c1ccc(C)c(F)c1)OC(C)(C)C. The van der Waals surface area contributed by atoms with Crippen molar-refractivity contribution in [2.75, 3.05) is 6.54 Å². The second kappa shape index (κ2) is 6.41. The van der Waals surface area contributed by atoms with Crippen LogP contribution in [0.5, 0.6) is 0 Å². The molecule has 2 atom stereocenters. The highest BCUT2D eigenvalue weighted by Crippen LogP contribution is 2.37. The van der Waals surface area contributed by atoms with E-state index in [9.17, 15) is 4.39 Å². The highest BCUT2D eigenvalue weighted by molar-refractivity contribution is 5.27. The van der Waals surface area contributed by atoms with E-state index >= 15 is 0 Å². The second-order valence-corrected chi connectivity index (χ2v) is 7.38. The average molecular weight is 305 g/mol. The van der Waals surface area contributed by atoms with Gasteiger partial charge in [0.25, 0.3) is 0 Å². The third-order valence-corrected chi connectivity index (χ3v) is 4.21. The van der Waals surface area contributed by atoms with Crippen LogP contribution in [0.1, 0.15) is 57.7 Å². The number of hydrogen-bond acceptors (Lipinski definition) is 2. The van der Waals surface area contributed by atoms with E-state index in [0.29, 0.717) is 18.2 Å². The predicted molar refractivity (Wildman–Crippen MR) is 89.3 cm³/mol. The summed E-state index contributed by atoms with van der Waals surface area (Å²) >= 11 is 0. The zero-order valence-corrected chi connectivity index (χ0v) is 14.4. The monoisotopic (exact) mass is 305 g/mol. The first-order valence-corrected chi connectivity index (χ1v) is 8.06. The normalized spacial score (nSPS) is 22.8. The molecule has 2 rings (SSSR count). The number of ether oxygens (including phenoxy) is 1. The summed E-state index contributed by atoms with van der Waals surface area (Å²) in [6.07, 6.45) is 2.16. The minimum atomic E-state index is -0.231. The molecule has 2 unspecified atom stereocenters. The fraction of sp³-hybridized carbons (Fsp3) is 0.579. The first-order chi connectivity index (χ1) is 10.2. The molecule has 2 nitrogen and oxygen atoms in total. The molecule has 0 saturated carbocycles. The highest BCUT2D eigenvalue weighted by Gasteiger charge is 2.32. The summed E-state index contributed by atoms with van der Waals surface area (Å²) in [7, 11) is 0. The lowest BCUT2D eigenvalue weighted by molar-refractivity contribution is 0.0344. The first kappa shape index (κ1) is 17.0. The Morgan fingerprint density at radius 1 is 1.36 bits per heavy atom. The van der Waals surface area contributed by atoms with Crippen LogP contribution in [-0.2, 0) is 4.74 Å². The highest BCUT2D eigenvalue weighted by atomic mass is 19.1. The maximum Gasteiger partial charge on any atom is 0.126 e. The summed E-state index contributed by atoms with van der Waals surface area (Å²) in [4.78, 5) is 2.37. The fourth-order valence-corrected chi connectivity index (χ4v) is 3.15. The number of benzene rings is 1. The summed E-state index contributed by atoms with van der Waals surface area (Å²) in [5, 5.41) is 0. The lowest BCUT2D eigenvalue weighted by Gasteiger charge is -2.31. The molecule has 1 aromatic rings. The quantitative estimate of drug-likeness (QED) is 0.727. The summed E-state index contributed by atoms with van der Waals surface area (Å²) in [6.45, 7) is 14.8. The Morgan fingerprint density at radius 3 is 2.64 bits per heavy atom. The molecule has 3 heteroatoms. The lowest BCUT2D eigenvalue weighted by atomic mass is 10.0. The molecule has 1 fully saturated rings. The Balaban J connectivity index is 2.14. The molecule has 1 saturated heterocycles. The van der Waals surface area contributed by atoms with Crippen LogP contribution in [0.2, 0.25) is 0 Å². The third kappa shape index (κ3) is 4.10. The van der Waals surface area contributed by atoms with E-state index in [1.807, 2.05) is 32.9 Å². The molecule has 0 aliphatic carbocycles. The zero-order valence-electron chi connectivity index (χ0n) is 14.4. The van der Waals surface area contributed by atoms with Gasteiger partial charge in [0, 0.05) is 12.1 Å². The Bertz CT molecular complexity index is 547. The van der Waals surface area contributed by atoms with Gasteiger partial charge in [-0.25, -0.2) is 4.39 Å². The van der Waals surface area contributed by atoms with Gasteiger partial charge in [0.2, 0.25) is 0 Å². The molecular weight excluding hydrogens is 277 g/mol.